The van der Waals surface area contributed by atoms with Gasteiger partial charge in [-0.05, 0) is 42.8 Å². The van der Waals surface area contributed by atoms with Crippen LogP contribution in [0.1, 0.15) is 11.1 Å². The van der Waals surface area contributed by atoms with E-state index >= 15 is 0 Å². The maximum atomic E-state index is 13.2. The Kier molecular flexibility index (Phi) is 6.87. The number of hydrazone groups is 1. The molecule has 6 nitrogen and oxygen atoms in total. The monoisotopic (exact) mass is 441 g/mol. The van der Waals surface area contributed by atoms with Crippen LogP contribution in [-0.4, -0.2) is 27.1 Å². The smallest absolute Gasteiger partial charge is 0.264 e. The van der Waals surface area contributed by atoms with Gasteiger partial charge >= 0.3 is 0 Å². The van der Waals surface area contributed by atoms with E-state index < -0.39 is 22.5 Å². The van der Waals surface area contributed by atoms with Crippen LogP contribution in [0.5, 0.6) is 0 Å². The van der Waals surface area contributed by atoms with E-state index in [4.69, 9.17) is 11.6 Å². The first-order valence-electron chi connectivity index (χ1n) is 9.08. The lowest BCUT2D eigenvalue weighted by Crippen LogP contribution is -2.39. The van der Waals surface area contributed by atoms with Crippen molar-refractivity contribution >= 4 is 39.4 Å². The third-order valence-electron chi connectivity index (χ3n) is 4.16. The Hall–Kier alpha value is -3.16. The zero-order valence-corrected chi connectivity index (χ0v) is 17.8. The maximum Gasteiger partial charge on any atom is 0.264 e. The number of nitrogens with one attached hydrogen (secondary N) is 1. The van der Waals surface area contributed by atoms with Crippen LogP contribution in [0.2, 0.25) is 5.02 Å². The van der Waals surface area contributed by atoms with Crippen molar-refractivity contribution in [2.24, 2.45) is 5.10 Å². The van der Waals surface area contributed by atoms with Crippen LogP contribution in [0.3, 0.4) is 0 Å². The Morgan fingerprint density at radius 1 is 1.03 bits per heavy atom. The molecule has 0 aliphatic heterocycles. The molecule has 0 bridgehead atoms. The molecule has 0 saturated heterocycles. The number of hydrogen-bond acceptors (Lipinski definition) is 4. The molecular weight excluding hydrogens is 422 g/mol. The number of carbonyl (C=O) groups is 1. The van der Waals surface area contributed by atoms with Crippen molar-refractivity contribution in [2.45, 2.75) is 11.8 Å². The van der Waals surface area contributed by atoms with E-state index in [-0.39, 0.29) is 10.6 Å². The van der Waals surface area contributed by atoms with Crippen LogP contribution in [0, 0.1) is 6.92 Å². The number of halogens is 1. The zero-order chi connectivity index (χ0) is 21.6. The fraction of sp³-hybridized carbons (Fsp3) is 0.0909. The summed E-state index contributed by atoms with van der Waals surface area (Å²) in [5, 5.41) is 4.29. The van der Waals surface area contributed by atoms with Crippen LogP contribution < -0.4 is 9.73 Å². The molecule has 0 heterocycles. The second kappa shape index (κ2) is 9.56. The predicted molar refractivity (Wildman–Crippen MR) is 119 cm³/mol. The summed E-state index contributed by atoms with van der Waals surface area (Å²) in [5.41, 5.74) is 4.54. The molecule has 0 spiro atoms. The number of aryl methyl sites for hydroxylation is 1. The summed E-state index contributed by atoms with van der Waals surface area (Å²) in [5.74, 6) is -0.585. The lowest BCUT2D eigenvalue weighted by Gasteiger charge is -2.23. The molecule has 0 fully saturated rings. The number of amides is 1. The molecule has 0 aromatic heterocycles. The van der Waals surface area contributed by atoms with Crippen molar-refractivity contribution in [1.29, 1.82) is 0 Å². The molecule has 3 rings (SSSR count). The second-order valence-electron chi connectivity index (χ2n) is 6.51. The number of sulfonamides is 1. The molecule has 0 aliphatic carbocycles. The quantitative estimate of drug-likeness (QED) is 0.444. The molecule has 0 aliphatic rings. The standard InChI is InChI=1S/C22H20ClN3O3S/c1-17-7-5-8-18(13-17)15-24-25-22(27)16-26(20-10-6-9-19(23)14-20)30(28,29)21-11-3-2-4-12-21/h2-15H,16H2,1H3,(H,25,27)/b24-15-. The average Bonchev–Trinajstić information content (AvgIpc) is 2.72. The number of rotatable bonds is 7. The zero-order valence-electron chi connectivity index (χ0n) is 16.2. The minimum absolute atomic E-state index is 0.0704. The Morgan fingerprint density at radius 2 is 1.77 bits per heavy atom. The maximum absolute atomic E-state index is 13.2. The van der Waals surface area contributed by atoms with E-state index in [9.17, 15) is 13.2 Å². The van der Waals surface area contributed by atoms with E-state index in [1.807, 2.05) is 31.2 Å². The summed E-state index contributed by atoms with van der Waals surface area (Å²) in [6.45, 7) is 1.50. The van der Waals surface area contributed by atoms with Crippen LogP contribution in [-0.2, 0) is 14.8 Å². The van der Waals surface area contributed by atoms with Crippen molar-refractivity contribution in [1.82, 2.24) is 5.43 Å². The molecule has 1 N–H and O–H groups in total. The van der Waals surface area contributed by atoms with E-state index in [1.165, 1.54) is 24.4 Å². The van der Waals surface area contributed by atoms with E-state index in [1.54, 1.807) is 36.4 Å². The van der Waals surface area contributed by atoms with Gasteiger partial charge in [-0.3, -0.25) is 9.10 Å². The molecule has 1 amide bonds. The van der Waals surface area contributed by atoms with Crippen molar-refractivity contribution in [3.63, 3.8) is 0 Å². The largest absolute Gasteiger partial charge is 0.271 e. The summed E-state index contributed by atoms with van der Waals surface area (Å²) < 4.78 is 27.4. The third-order valence-corrected chi connectivity index (χ3v) is 6.18. The predicted octanol–water partition coefficient (Wildman–Crippen LogP) is 3.99. The van der Waals surface area contributed by atoms with Crippen LogP contribution >= 0.6 is 11.6 Å². The highest BCUT2D eigenvalue weighted by atomic mass is 35.5. The van der Waals surface area contributed by atoms with Crippen LogP contribution in [0.15, 0.2) is 88.9 Å². The van der Waals surface area contributed by atoms with Gasteiger partial charge in [-0.25, -0.2) is 13.8 Å². The number of anilines is 1. The Balaban J connectivity index is 1.83. The molecule has 154 valence electrons. The molecule has 0 radical (unpaired) electrons. The number of carbonyl (C=O) groups excluding carboxylic acids is 1. The van der Waals surface area contributed by atoms with E-state index in [0.717, 1.165) is 15.4 Å². The van der Waals surface area contributed by atoms with Crippen LogP contribution in [0.4, 0.5) is 5.69 Å². The number of hydrogen-bond donors (Lipinski definition) is 1. The van der Waals surface area contributed by atoms with Crippen molar-refractivity contribution in [2.75, 3.05) is 10.8 Å². The van der Waals surface area contributed by atoms with Gasteiger partial charge in [0, 0.05) is 5.02 Å². The molecular formula is C22H20ClN3O3S. The van der Waals surface area contributed by atoms with Gasteiger partial charge in [-0.2, -0.15) is 5.10 Å². The Bertz CT molecular complexity index is 1170. The normalized spacial score (nSPS) is 11.4. The summed E-state index contributed by atoms with van der Waals surface area (Å²) >= 11 is 6.04. The van der Waals surface area contributed by atoms with Gasteiger partial charge in [0.1, 0.15) is 6.54 Å². The van der Waals surface area contributed by atoms with E-state index in [2.05, 4.69) is 10.5 Å². The fourth-order valence-corrected chi connectivity index (χ4v) is 4.38. The van der Waals surface area contributed by atoms with E-state index in [0.29, 0.717) is 5.02 Å². The second-order valence-corrected chi connectivity index (χ2v) is 8.81. The van der Waals surface area contributed by atoms with Crippen LogP contribution in [0.25, 0.3) is 0 Å². The first-order chi connectivity index (χ1) is 14.4. The Labute approximate surface area is 180 Å². The third kappa shape index (κ3) is 5.46. The van der Waals surface area contributed by atoms with Crippen molar-refractivity contribution in [3.05, 3.63) is 95.0 Å². The molecule has 0 atom stereocenters. The fourth-order valence-electron chi connectivity index (χ4n) is 2.76. The highest BCUT2D eigenvalue weighted by Crippen LogP contribution is 2.25. The lowest BCUT2D eigenvalue weighted by molar-refractivity contribution is -0.119. The minimum Gasteiger partial charge on any atom is -0.271 e. The van der Waals surface area contributed by atoms with Gasteiger partial charge in [0.05, 0.1) is 16.8 Å². The summed E-state index contributed by atoms with van der Waals surface area (Å²) in [6.07, 6.45) is 1.50. The van der Waals surface area contributed by atoms with Gasteiger partial charge in [0.25, 0.3) is 15.9 Å². The highest BCUT2D eigenvalue weighted by molar-refractivity contribution is 7.92. The molecule has 0 unspecified atom stereocenters. The first kappa shape index (κ1) is 21.5. The van der Waals surface area contributed by atoms with Crippen molar-refractivity contribution in [3.8, 4) is 0 Å². The topological polar surface area (TPSA) is 78.8 Å². The lowest BCUT2D eigenvalue weighted by atomic mass is 10.2. The number of nitrogens with zero attached hydrogens (tertiary/aromatic N) is 2. The van der Waals surface area contributed by atoms with Gasteiger partial charge < -0.3 is 0 Å². The van der Waals surface area contributed by atoms with Gasteiger partial charge in [0.15, 0.2) is 0 Å². The molecule has 3 aromatic rings. The SMILES string of the molecule is Cc1cccc(/C=N\NC(=O)CN(c2cccc(Cl)c2)S(=O)(=O)c2ccccc2)c1. The average molecular weight is 442 g/mol. The first-order valence-corrected chi connectivity index (χ1v) is 10.9. The molecule has 0 saturated carbocycles. The summed E-state index contributed by atoms with van der Waals surface area (Å²) in [4.78, 5) is 12.6. The van der Waals surface area contributed by atoms with Gasteiger partial charge in [0.2, 0.25) is 0 Å². The van der Waals surface area contributed by atoms with Crippen molar-refractivity contribution < 1.29 is 13.2 Å². The summed E-state index contributed by atoms with van der Waals surface area (Å²) in [6, 6.07) is 21.8. The molecule has 8 heteroatoms. The highest BCUT2D eigenvalue weighted by Gasteiger charge is 2.27. The molecule has 3 aromatic carbocycles. The van der Waals surface area contributed by atoms with Gasteiger partial charge in [-0.15, -0.1) is 0 Å². The Morgan fingerprint density at radius 3 is 2.47 bits per heavy atom. The summed E-state index contributed by atoms with van der Waals surface area (Å²) in [7, 11) is -3.99. The minimum atomic E-state index is -3.99. The molecule has 30 heavy (non-hydrogen) atoms. The number of benzene rings is 3. The van der Waals surface area contributed by atoms with Gasteiger partial charge in [-0.1, -0.05) is 65.7 Å².